The van der Waals surface area contributed by atoms with E-state index in [4.69, 9.17) is 17.3 Å². The predicted molar refractivity (Wildman–Crippen MR) is 62.0 cm³/mol. The Kier molecular flexibility index (Phi) is 3.08. The highest BCUT2D eigenvalue weighted by Crippen LogP contribution is 2.29. The summed E-state index contributed by atoms with van der Waals surface area (Å²) in [4.78, 5) is 9.10. The van der Waals surface area contributed by atoms with E-state index in [0.29, 0.717) is 10.2 Å². The van der Waals surface area contributed by atoms with Gasteiger partial charge in [-0.05, 0) is 23.9 Å². The summed E-state index contributed by atoms with van der Waals surface area (Å²) >= 11 is 7.10. The van der Waals surface area contributed by atoms with Crippen LogP contribution in [0.4, 0.5) is 5.69 Å². The van der Waals surface area contributed by atoms with Crippen molar-refractivity contribution >= 4 is 29.1 Å². The van der Waals surface area contributed by atoms with Gasteiger partial charge in [0.2, 0.25) is 0 Å². The molecule has 1 aromatic carbocycles. The van der Waals surface area contributed by atoms with E-state index in [1.165, 1.54) is 11.8 Å². The lowest BCUT2D eigenvalue weighted by molar-refractivity contribution is 0.967. The number of hydrogen-bond acceptors (Lipinski definition) is 4. The monoisotopic (exact) mass is 237 g/mol. The standard InChI is InChI=1S/C10H8ClN3S/c11-7-5-13-10(14-6-7)15-9-4-2-1-3-8(9)12/h1-6H,12H2. The normalized spacial score (nSPS) is 10.2. The highest BCUT2D eigenvalue weighted by molar-refractivity contribution is 7.99. The summed E-state index contributed by atoms with van der Waals surface area (Å²) in [6.07, 6.45) is 3.13. The molecule has 2 N–H and O–H groups in total. The Balaban J connectivity index is 2.22. The number of hydrogen-bond donors (Lipinski definition) is 1. The molecule has 0 aliphatic rings. The van der Waals surface area contributed by atoms with Crippen LogP contribution in [0.25, 0.3) is 0 Å². The highest BCUT2D eigenvalue weighted by Gasteiger charge is 2.02. The molecule has 0 atom stereocenters. The van der Waals surface area contributed by atoms with E-state index < -0.39 is 0 Å². The Bertz CT molecular complexity index is 458. The van der Waals surface area contributed by atoms with Gasteiger partial charge in [-0.15, -0.1) is 0 Å². The first-order valence-electron chi connectivity index (χ1n) is 4.25. The molecule has 0 unspecified atom stereocenters. The Morgan fingerprint density at radius 2 is 1.80 bits per heavy atom. The largest absolute Gasteiger partial charge is 0.398 e. The van der Waals surface area contributed by atoms with Crippen LogP contribution < -0.4 is 5.73 Å². The van der Waals surface area contributed by atoms with Gasteiger partial charge in [0.05, 0.1) is 17.4 Å². The molecule has 0 bridgehead atoms. The minimum Gasteiger partial charge on any atom is -0.398 e. The van der Waals surface area contributed by atoms with Crippen LogP contribution >= 0.6 is 23.4 Å². The van der Waals surface area contributed by atoms with Crippen molar-refractivity contribution in [3.05, 3.63) is 41.7 Å². The van der Waals surface area contributed by atoms with Crippen molar-refractivity contribution in [3.8, 4) is 0 Å². The van der Waals surface area contributed by atoms with E-state index in [-0.39, 0.29) is 0 Å². The van der Waals surface area contributed by atoms with Gasteiger partial charge in [0.25, 0.3) is 0 Å². The summed E-state index contributed by atoms with van der Waals surface area (Å²) in [5.41, 5.74) is 6.52. The van der Waals surface area contributed by atoms with Gasteiger partial charge >= 0.3 is 0 Å². The smallest absolute Gasteiger partial charge is 0.192 e. The molecule has 0 radical (unpaired) electrons. The second kappa shape index (κ2) is 4.51. The maximum absolute atomic E-state index is 5.80. The first-order valence-corrected chi connectivity index (χ1v) is 5.45. The Morgan fingerprint density at radius 1 is 1.13 bits per heavy atom. The molecule has 5 heteroatoms. The van der Waals surface area contributed by atoms with E-state index in [9.17, 15) is 0 Å². The lowest BCUT2D eigenvalue weighted by atomic mass is 10.3. The zero-order chi connectivity index (χ0) is 10.7. The van der Waals surface area contributed by atoms with Crippen LogP contribution in [0.15, 0.2) is 46.7 Å². The fraction of sp³-hybridized carbons (Fsp3) is 0. The molecule has 76 valence electrons. The molecule has 0 saturated carbocycles. The lowest BCUT2D eigenvalue weighted by Crippen LogP contribution is -1.89. The minimum atomic E-state index is 0.528. The lowest BCUT2D eigenvalue weighted by Gasteiger charge is -2.02. The van der Waals surface area contributed by atoms with Crippen LogP contribution in [-0.2, 0) is 0 Å². The number of nitrogens with two attached hydrogens (primary N) is 1. The van der Waals surface area contributed by atoms with Gasteiger partial charge in [-0.25, -0.2) is 9.97 Å². The van der Waals surface area contributed by atoms with Crippen LogP contribution in [0.2, 0.25) is 5.02 Å². The van der Waals surface area contributed by atoms with Crippen LogP contribution in [-0.4, -0.2) is 9.97 Å². The Labute approximate surface area is 96.7 Å². The minimum absolute atomic E-state index is 0.528. The molecule has 2 aromatic rings. The summed E-state index contributed by atoms with van der Waals surface area (Å²) in [5, 5.41) is 1.16. The zero-order valence-corrected chi connectivity index (χ0v) is 9.29. The first kappa shape index (κ1) is 10.3. The van der Waals surface area contributed by atoms with Crippen LogP contribution in [0.1, 0.15) is 0 Å². The van der Waals surface area contributed by atoms with Crippen molar-refractivity contribution in [2.45, 2.75) is 10.1 Å². The van der Waals surface area contributed by atoms with Crippen LogP contribution in [0.5, 0.6) is 0 Å². The van der Waals surface area contributed by atoms with Gasteiger partial charge in [0, 0.05) is 10.6 Å². The van der Waals surface area contributed by atoms with Gasteiger partial charge in [-0.2, -0.15) is 0 Å². The molecule has 0 saturated heterocycles. The SMILES string of the molecule is Nc1ccccc1Sc1ncc(Cl)cn1. The number of anilines is 1. The number of para-hydroxylation sites is 1. The van der Waals surface area contributed by atoms with Crippen molar-refractivity contribution in [2.24, 2.45) is 0 Å². The third kappa shape index (κ3) is 2.61. The highest BCUT2D eigenvalue weighted by atomic mass is 35.5. The number of rotatable bonds is 2. The molecule has 15 heavy (non-hydrogen) atoms. The molecule has 3 nitrogen and oxygen atoms in total. The number of benzene rings is 1. The summed E-state index contributed by atoms with van der Waals surface area (Å²) in [7, 11) is 0. The molecule has 0 amide bonds. The van der Waals surface area contributed by atoms with E-state index >= 15 is 0 Å². The third-order valence-electron chi connectivity index (χ3n) is 1.72. The fourth-order valence-corrected chi connectivity index (χ4v) is 1.86. The summed E-state index contributed by atoms with van der Waals surface area (Å²) < 4.78 is 0. The summed E-state index contributed by atoms with van der Waals surface area (Å²) in [5.74, 6) is 0. The molecule has 0 spiro atoms. The molecule has 1 heterocycles. The van der Waals surface area contributed by atoms with E-state index in [2.05, 4.69) is 9.97 Å². The Morgan fingerprint density at radius 3 is 2.47 bits per heavy atom. The van der Waals surface area contributed by atoms with Crippen molar-refractivity contribution in [3.63, 3.8) is 0 Å². The Hall–Kier alpha value is -1.26. The summed E-state index contributed by atoms with van der Waals surface area (Å²) in [6.45, 7) is 0. The van der Waals surface area contributed by atoms with Crippen molar-refractivity contribution in [2.75, 3.05) is 5.73 Å². The topological polar surface area (TPSA) is 51.8 Å². The number of nitrogens with zero attached hydrogens (tertiary/aromatic N) is 2. The second-order valence-electron chi connectivity index (χ2n) is 2.82. The molecule has 0 aliphatic carbocycles. The number of nitrogen functional groups attached to an aromatic ring is 1. The van der Waals surface area contributed by atoms with E-state index in [1.54, 1.807) is 12.4 Å². The van der Waals surface area contributed by atoms with Gasteiger partial charge in [0.1, 0.15) is 0 Å². The average Bonchev–Trinajstić information content (AvgIpc) is 2.25. The van der Waals surface area contributed by atoms with Gasteiger partial charge in [-0.3, -0.25) is 0 Å². The van der Waals surface area contributed by atoms with E-state index in [0.717, 1.165) is 10.6 Å². The van der Waals surface area contributed by atoms with Gasteiger partial charge in [0.15, 0.2) is 5.16 Å². The molecular formula is C10H8ClN3S. The maximum atomic E-state index is 5.80. The van der Waals surface area contributed by atoms with Gasteiger partial charge < -0.3 is 5.73 Å². The third-order valence-corrected chi connectivity index (χ3v) is 2.90. The quantitative estimate of drug-likeness (QED) is 0.645. The number of aromatic nitrogens is 2. The first-order chi connectivity index (χ1) is 7.25. The second-order valence-corrected chi connectivity index (χ2v) is 4.27. The molecular weight excluding hydrogens is 230 g/mol. The van der Waals surface area contributed by atoms with Gasteiger partial charge in [-0.1, -0.05) is 23.7 Å². The zero-order valence-electron chi connectivity index (χ0n) is 7.72. The number of halogens is 1. The van der Waals surface area contributed by atoms with Crippen molar-refractivity contribution in [1.29, 1.82) is 0 Å². The molecule has 0 fully saturated rings. The van der Waals surface area contributed by atoms with Crippen LogP contribution in [0, 0.1) is 0 Å². The van der Waals surface area contributed by atoms with E-state index in [1.807, 2.05) is 24.3 Å². The maximum Gasteiger partial charge on any atom is 0.192 e. The predicted octanol–water partition coefficient (Wildman–Crippen LogP) is 2.86. The molecule has 1 aromatic heterocycles. The average molecular weight is 238 g/mol. The fourth-order valence-electron chi connectivity index (χ4n) is 1.02. The van der Waals surface area contributed by atoms with Crippen molar-refractivity contribution < 1.29 is 0 Å². The van der Waals surface area contributed by atoms with Crippen molar-refractivity contribution in [1.82, 2.24) is 9.97 Å². The molecule has 0 aliphatic heterocycles. The molecule has 2 rings (SSSR count). The van der Waals surface area contributed by atoms with Crippen LogP contribution in [0.3, 0.4) is 0 Å². The summed E-state index contributed by atoms with van der Waals surface area (Å²) in [6, 6.07) is 7.59.